The number of nitrogens with zero attached hydrogens (tertiary/aromatic N) is 6. The van der Waals surface area contributed by atoms with Crippen molar-refractivity contribution in [3.8, 4) is 5.75 Å². The highest BCUT2D eigenvalue weighted by Gasteiger charge is 2.34. The number of fused-ring (bicyclic) bond motifs is 2. The van der Waals surface area contributed by atoms with Crippen LogP contribution in [0.3, 0.4) is 0 Å². The predicted molar refractivity (Wildman–Crippen MR) is 157 cm³/mol. The monoisotopic (exact) mass is 590 g/mol. The lowest BCUT2D eigenvalue weighted by Crippen LogP contribution is -2.44. The smallest absolute Gasteiger partial charge is 0.416 e. The summed E-state index contributed by atoms with van der Waals surface area (Å²) < 4.78 is 49.3. The number of methoxy groups -OCH3 is 1. The summed E-state index contributed by atoms with van der Waals surface area (Å²) in [7, 11) is 3.40. The van der Waals surface area contributed by atoms with Crippen molar-refractivity contribution in [2.24, 2.45) is 0 Å². The van der Waals surface area contributed by atoms with Crippen LogP contribution >= 0.6 is 0 Å². The number of rotatable bonds is 7. The van der Waals surface area contributed by atoms with Gasteiger partial charge in [0, 0.05) is 55.7 Å². The number of amides is 1. The molecule has 1 saturated heterocycles. The Morgan fingerprint density at radius 1 is 1.02 bits per heavy atom. The highest BCUT2D eigenvalue weighted by Crippen LogP contribution is 2.35. The Bertz CT molecular complexity index is 1800. The zero-order valence-corrected chi connectivity index (χ0v) is 23.5. The average molecular weight is 591 g/mol. The first-order valence-electron chi connectivity index (χ1n) is 13.6. The number of nitrogens with one attached hydrogen (secondary N) is 2. The van der Waals surface area contributed by atoms with E-state index in [0.717, 1.165) is 19.2 Å². The highest BCUT2D eigenvalue weighted by atomic mass is 19.4. The summed E-state index contributed by atoms with van der Waals surface area (Å²) in [4.78, 5) is 26.3. The molecule has 0 atom stereocenters. The van der Waals surface area contributed by atoms with Gasteiger partial charge in [0.2, 0.25) is 0 Å². The molecule has 0 unspecified atom stereocenters. The molecule has 1 aliphatic heterocycles. The van der Waals surface area contributed by atoms with Crippen molar-refractivity contribution in [3.05, 3.63) is 83.8 Å². The molecule has 3 aromatic heterocycles. The van der Waals surface area contributed by atoms with Gasteiger partial charge in [-0.05, 0) is 55.1 Å². The van der Waals surface area contributed by atoms with Crippen molar-refractivity contribution in [3.63, 3.8) is 0 Å². The molecule has 222 valence electrons. The van der Waals surface area contributed by atoms with E-state index in [1.807, 2.05) is 30.1 Å². The van der Waals surface area contributed by atoms with E-state index in [-0.39, 0.29) is 29.2 Å². The number of hydrogen-bond donors (Lipinski definition) is 2. The number of carbonyl (C=O) groups is 1. The zero-order valence-electron chi connectivity index (χ0n) is 23.5. The minimum atomic E-state index is -4.58. The second-order valence-corrected chi connectivity index (χ2v) is 10.4. The van der Waals surface area contributed by atoms with E-state index in [1.54, 1.807) is 35.1 Å². The van der Waals surface area contributed by atoms with Gasteiger partial charge in [-0.2, -0.15) is 22.8 Å². The van der Waals surface area contributed by atoms with Crippen LogP contribution in [0, 0.1) is 0 Å². The van der Waals surface area contributed by atoms with E-state index in [9.17, 15) is 18.0 Å². The molecule has 10 nitrogen and oxygen atoms in total. The maximum Gasteiger partial charge on any atom is 0.416 e. The minimum Gasteiger partial charge on any atom is -0.494 e. The van der Waals surface area contributed by atoms with E-state index in [1.165, 1.54) is 19.2 Å². The third-order valence-corrected chi connectivity index (χ3v) is 7.43. The largest absolute Gasteiger partial charge is 0.494 e. The molecule has 13 heteroatoms. The van der Waals surface area contributed by atoms with E-state index in [4.69, 9.17) is 4.74 Å². The van der Waals surface area contributed by atoms with E-state index >= 15 is 0 Å². The molecule has 6 rings (SSSR count). The van der Waals surface area contributed by atoms with Crippen LogP contribution in [-0.2, 0) is 12.7 Å². The van der Waals surface area contributed by atoms with Crippen LogP contribution in [0.5, 0.6) is 5.75 Å². The van der Waals surface area contributed by atoms with E-state index < -0.39 is 17.6 Å². The van der Waals surface area contributed by atoms with Gasteiger partial charge in [-0.3, -0.25) is 9.69 Å². The second-order valence-electron chi connectivity index (χ2n) is 10.4. The molecule has 43 heavy (non-hydrogen) atoms. The van der Waals surface area contributed by atoms with Crippen LogP contribution in [0.2, 0.25) is 0 Å². The molecule has 0 spiro atoms. The number of ether oxygens (including phenoxy) is 1. The number of anilines is 3. The third-order valence-electron chi connectivity index (χ3n) is 7.43. The Balaban J connectivity index is 1.26. The van der Waals surface area contributed by atoms with Gasteiger partial charge in [-0.25, -0.2) is 9.97 Å². The Morgan fingerprint density at radius 2 is 1.81 bits per heavy atom. The molecule has 1 amide bonds. The number of likely N-dealkylation sites (N-methyl/N-ethyl adjacent to an activating group) is 1. The number of imidazole rings is 1. The fourth-order valence-electron chi connectivity index (χ4n) is 5.10. The molecule has 0 aliphatic carbocycles. The van der Waals surface area contributed by atoms with Gasteiger partial charge in [-0.1, -0.05) is 12.1 Å². The van der Waals surface area contributed by atoms with Crippen molar-refractivity contribution >= 4 is 39.6 Å². The Hall–Kier alpha value is -4.75. The minimum absolute atomic E-state index is 0.0129. The standard InChI is InChI=1S/C30H29F3N8O2/c1-39-10-12-40(13-11-39)18-20-6-8-21(15-23(20)30(31,32)33)37-29(42)28-25(43-2)14-19-5-7-22(16-24(19)38-28)36-27-17-34-26-4-3-9-35-41(26)27/h3-9,14-17,36H,10-13,18H2,1-2H3,(H,37,42). The topological polar surface area (TPSA) is 99.9 Å². The highest BCUT2D eigenvalue weighted by molar-refractivity contribution is 6.06. The molecule has 0 radical (unpaired) electrons. The lowest BCUT2D eigenvalue weighted by atomic mass is 10.0. The van der Waals surface area contributed by atoms with Gasteiger partial charge in [0.05, 0.1) is 24.4 Å². The molecule has 2 aromatic carbocycles. The second kappa shape index (κ2) is 11.5. The van der Waals surface area contributed by atoms with Crippen molar-refractivity contribution in [1.82, 2.24) is 29.4 Å². The number of hydrogen-bond acceptors (Lipinski definition) is 8. The number of benzene rings is 2. The summed E-state index contributed by atoms with van der Waals surface area (Å²) in [6.45, 7) is 3.15. The van der Waals surface area contributed by atoms with Crippen LogP contribution < -0.4 is 15.4 Å². The number of pyridine rings is 1. The summed E-state index contributed by atoms with van der Waals surface area (Å²) in [5, 5.41) is 10.8. The molecule has 0 saturated carbocycles. The van der Waals surface area contributed by atoms with Crippen LogP contribution in [-0.4, -0.2) is 75.6 Å². The summed E-state index contributed by atoms with van der Waals surface area (Å²) in [6, 6.07) is 14.6. The van der Waals surface area contributed by atoms with E-state index in [2.05, 4.69) is 30.6 Å². The van der Waals surface area contributed by atoms with Crippen molar-refractivity contribution in [2.75, 3.05) is 51.0 Å². The summed E-state index contributed by atoms with van der Waals surface area (Å²) >= 11 is 0. The Labute approximate surface area is 245 Å². The first-order chi connectivity index (χ1) is 20.7. The molecule has 1 fully saturated rings. The normalized spacial score (nSPS) is 14.7. The van der Waals surface area contributed by atoms with Crippen molar-refractivity contribution in [2.45, 2.75) is 12.7 Å². The fourth-order valence-corrected chi connectivity index (χ4v) is 5.10. The molecule has 2 N–H and O–H groups in total. The molecule has 1 aliphatic rings. The number of piperazine rings is 1. The van der Waals surface area contributed by atoms with Crippen LogP contribution in [0.4, 0.5) is 30.4 Å². The Morgan fingerprint density at radius 3 is 2.58 bits per heavy atom. The third kappa shape index (κ3) is 6.08. The molecule has 5 aromatic rings. The SMILES string of the molecule is COc1cc2ccc(Nc3cnc4cccnn34)cc2nc1C(=O)Nc1ccc(CN2CCN(C)CC2)c(C(F)(F)F)c1. The lowest BCUT2D eigenvalue weighted by molar-refractivity contribution is -0.138. The molecule has 4 heterocycles. The zero-order chi connectivity index (χ0) is 30.1. The van der Waals surface area contributed by atoms with Crippen LogP contribution in [0.25, 0.3) is 16.6 Å². The first kappa shape index (κ1) is 28.4. The van der Waals surface area contributed by atoms with Gasteiger partial charge in [0.1, 0.15) is 0 Å². The Kier molecular flexibility index (Phi) is 7.59. The number of halogens is 3. The summed E-state index contributed by atoms with van der Waals surface area (Å²) in [5.74, 6) is 0.139. The molecular formula is C30H29F3N8O2. The maximum atomic E-state index is 14.1. The summed E-state index contributed by atoms with van der Waals surface area (Å²) in [6.07, 6.45) is -1.28. The predicted octanol–water partition coefficient (Wildman–Crippen LogP) is 5.05. The van der Waals surface area contributed by atoms with Crippen LogP contribution in [0.15, 0.2) is 67.0 Å². The first-order valence-corrected chi connectivity index (χ1v) is 13.6. The number of aromatic nitrogens is 4. The van der Waals surface area contributed by atoms with Gasteiger partial charge >= 0.3 is 6.18 Å². The van der Waals surface area contributed by atoms with Gasteiger partial charge < -0.3 is 20.3 Å². The summed E-state index contributed by atoms with van der Waals surface area (Å²) in [5.41, 5.74) is 1.18. The molecular weight excluding hydrogens is 561 g/mol. The van der Waals surface area contributed by atoms with Crippen LogP contribution in [0.1, 0.15) is 21.6 Å². The fraction of sp³-hybridized carbons (Fsp3) is 0.267. The van der Waals surface area contributed by atoms with Crippen molar-refractivity contribution in [1.29, 1.82) is 0 Å². The molecule has 0 bridgehead atoms. The van der Waals surface area contributed by atoms with Gasteiger partial charge in [0.25, 0.3) is 5.91 Å². The average Bonchev–Trinajstić information content (AvgIpc) is 3.40. The maximum absolute atomic E-state index is 14.1. The van der Waals surface area contributed by atoms with Crippen molar-refractivity contribution < 1.29 is 22.7 Å². The number of alkyl halides is 3. The quantitative estimate of drug-likeness (QED) is 0.272. The lowest BCUT2D eigenvalue weighted by Gasteiger charge is -2.33. The van der Waals surface area contributed by atoms with E-state index in [0.29, 0.717) is 41.1 Å². The van der Waals surface area contributed by atoms with Gasteiger partial charge in [-0.15, -0.1) is 0 Å². The van der Waals surface area contributed by atoms with Gasteiger partial charge in [0.15, 0.2) is 22.9 Å². The number of carbonyl (C=O) groups excluding carboxylic acids is 1.